The van der Waals surface area contributed by atoms with Crippen LogP contribution in [0.5, 0.6) is 0 Å². The first-order chi connectivity index (χ1) is 25.3. The number of benzene rings is 3. The van der Waals surface area contributed by atoms with Gasteiger partial charge < -0.3 is 15.0 Å². The van der Waals surface area contributed by atoms with E-state index in [1.165, 1.54) is 36.4 Å². The van der Waals surface area contributed by atoms with Crippen LogP contribution in [-0.2, 0) is 0 Å². The molecule has 1 aliphatic rings. The lowest BCUT2D eigenvalue weighted by Gasteiger charge is -2.10. The van der Waals surface area contributed by atoms with Crippen LogP contribution < -0.4 is 0 Å². The third-order valence-electron chi connectivity index (χ3n) is 8.71. The third kappa shape index (κ3) is 5.18. The Morgan fingerprint density at radius 3 is 1.11 bits per heavy atom. The van der Waals surface area contributed by atoms with Gasteiger partial charge in [-0.25, -0.2) is 48.9 Å². The Labute approximate surface area is 299 Å². The predicted octanol–water partition coefficient (Wildman–Crippen LogP) is 12.4. The van der Waals surface area contributed by atoms with Crippen molar-refractivity contribution < 1.29 is 43.9 Å². The van der Waals surface area contributed by atoms with E-state index in [1.807, 2.05) is 0 Å². The molecule has 0 atom stereocenters. The molecular formula is C37H14Cl2F10N4. The molecule has 5 heterocycles. The topological polar surface area (TPSA) is 60.3 Å². The van der Waals surface area contributed by atoms with Gasteiger partial charge in [0.25, 0.3) is 0 Å². The molecule has 0 aliphatic carbocycles. The number of nitrogens with one attached hydrogen (secondary N) is 3. The second-order valence-corrected chi connectivity index (χ2v) is 12.5. The smallest absolute Gasteiger partial charge is 0.200 e. The number of H-pyrrole nitrogens is 3. The summed E-state index contributed by atoms with van der Waals surface area (Å²) in [7, 11) is 0. The van der Waals surface area contributed by atoms with Gasteiger partial charge in [0.1, 0.15) is 0 Å². The van der Waals surface area contributed by atoms with E-state index in [0.717, 1.165) is 12.1 Å². The number of halogens is 12. The van der Waals surface area contributed by atoms with Gasteiger partial charge in [-0.1, -0.05) is 29.3 Å². The lowest BCUT2D eigenvalue weighted by molar-refractivity contribution is 0.381. The van der Waals surface area contributed by atoms with Gasteiger partial charge in [0.15, 0.2) is 46.5 Å². The molecule has 4 nitrogen and oxygen atoms in total. The molecule has 0 spiro atoms. The minimum absolute atomic E-state index is 0.139. The van der Waals surface area contributed by atoms with E-state index in [-0.39, 0.29) is 43.6 Å². The number of fused-ring (bicyclic) bond motifs is 9. The van der Waals surface area contributed by atoms with Crippen molar-refractivity contribution in [2.45, 2.75) is 0 Å². The monoisotopic (exact) mass is 774 g/mol. The summed E-state index contributed by atoms with van der Waals surface area (Å²) in [5.41, 5.74) is -4.18. The van der Waals surface area contributed by atoms with Gasteiger partial charge >= 0.3 is 0 Å². The maximum atomic E-state index is 15.6. The van der Waals surface area contributed by atoms with Crippen molar-refractivity contribution in [1.29, 1.82) is 0 Å². The van der Waals surface area contributed by atoms with Crippen LogP contribution >= 0.6 is 23.2 Å². The lowest BCUT2D eigenvalue weighted by atomic mass is 10.0. The van der Waals surface area contributed by atoms with Gasteiger partial charge in [0.2, 0.25) is 11.6 Å². The van der Waals surface area contributed by atoms with Crippen molar-refractivity contribution in [3.05, 3.63) is 134 Å². The maximum Gasteiger partial charge on any atom is 0.200 e. The number of hydrogen-bond acceptors (Lipinski definition) is 1. The van der Waals surface area contributed by atoms with Crippen molar-refractivity contribution in [2.75, 3.05) is 0 Å². The van der Waals surface area contributed by atoms with Crippen LogP contribution in [0.4, 0.5) is 43.9 Å². The van der Waals surface area contributed by atoms with E-state index in [9.17, 15) is 26.3 Å². The molecule has 0 amide bonds. The fourth-order valence-electron chi connectivity index (χ4n) is 6.33. The highest BCUT2D eigenvalue weighted by Crippen LogP contribution is 2.43. The summed E-state index contributed by atoms with van der Waals surface area (Å²) in [5.74, 6) is -22.9. The second kappa shape index (κ2) is 12.5. The van der Waals surface area contributed by atoms with E-state index in [0.29, 0.717) is 11.0 Å². The molecule has 0 radical (unpaired) electrons. The van der Waals surface area contributed by atoms with Gasteiger partial charge in [0, 0.05) is 49.8 Å². The molecule has 266 valence electrons. The first kappa shape index (κ1) is 34.4. The normalized spacial score (nSPS) is 12.1. The average molecular weight is 775 g/mol. The highest BCUT2D eigenvalue weighted by Gasteiger charge is 2.31. The largest absolute Gasteiger partial charge is 0.354 e. The zero-order chi connectivity index (χ0) is 37.6. The van der Waals surface area contributed by atoms with Crippen molar-refractivity contribution in [3.8, 4) is 33.4 Å². The van der Waals surface area contributed by atoms with Gasteiger partial charge in [-0.15, -0.1) is 0 Å². The molecule has 7 aromatic rings. The summed E-state index contributed by atoms with van der Waals surface area (Å²) >= 11 is 13.2. The van der Waals surface area contributed by atoms with E-state index < -0.39 is 91.5 Å². The van der Waals surface area contributed by atoms with Crippen LogP contribution in [0.2, 0.25) is 10.0 Å². The Bertz CT molecular complexity index is 2810. The number of hydrogen-bond donors (Lipinski definition) is 3. The molecule has 3 N–H and O–H groups in total. The van der Waals surface area contributed by atoms with Gasteiger partial charge in [-0.3, -0.25) is 0 Å². The van der Waals surface area contributed by atoms with Crippen LogP contribution in [0.3, 0.4) is 0 Å². The molecule has 8 rings (SSSR count). The fraction of sp³-hybridized carbons (Fsp3) is 0. The summed E-state index contributed by atoms with van der Waals surface area (Å²) in [6, 6.07) is 12.5. The fourth-order valence-corrected chi connectivity index (χ4v) is 6.92. The zero-order valence-corrected chi connectivity index (χ0v) is 27.3. The summed E-state index contributed by atoms with van der Waals surface area (Å²) in [6.07, 6.45) is 2.60. The zero-order valence-electron chi connectivity index (χ0n) is 25.8. The number of aromatic amines is 3. The molecule has 0 unspecified atom stereocenters. The highest BCUT2D eigenvalue weighted by atomic mass is 35.5. The SMILES string of the molecule is Fc1c(F)c(F)c(-c2c3nc(c4ccc([nH]4)c(-c4c(Cl)cccc4Cl)c4ccc([nH]4)c(-c4c(F)c(F)c(F)c(F)c4F)c4ccc2[nH]4)C=C3)c(F)c1F. The summed E-state index contributed by atoms with van der Waals surface area (Å²) < 4.78 is 149. The Kier molecular flexibility index (Phi) is 8.07. The summed E-state index contributed by atoms with van der Waals surface area (Å²) in [4.78, 5) is 13.1. The molecule has 16 heteroatoms. The molecule has 0 saturated heterocycles. The number of aromatic nitrogens is 4. The van der Waals surface area contributed by atoms with Crippen LogP contribution in [0.25, 0.3) is 78.6 Å². The van der Waals surface area contributed by atoms with E-state index in [4.69, 9.17) is 23.2 Å². The summed E-state index contributed by atoms with van der Waals surface area (Å²) in [6.45, 7) is 0. The molecule has 53 heavy (non-hydrogen) atoms. The predicted molar refractivity (Wildman–Crippen MR) is 181 cm³/mol. The second-order valence-electron chi connectivity index (χ2n) is 11.7. The van der Waals surface area contributed by atoms with Crippen molar-refractivity contribution in [1.82, 2.24) is 19.9 Å². The van der Waals surface area contributed by atoms with Crippen LogP contribution in [0.1, 0.15) is 11.4 Å². The van der Waals surface area contributed by atoms with E-state index >= 15 is 17.6 Å². The first-order valence-electron chi connectivity index (χ1n) is 15.1. The van der Waals surface area contributed by atoms with Crippen molar-refractivity contribution in [2.24, 2.45) is 0 Å². The molecular weight excluding hydrogens is 761 g/mol. The Morgan fingerprint density at radius 1 is 0.340 bits per heavy atom. The Hall–Kier alpha value is -5.73. The Balaban J connectivity index is 1.64. The first-order valence-corrected chi connectivity index (χ1v) is 15.9. The maximum absolute atomic E-state index is 15.6. The van der Waals surface area contributed by atoms with Crippen LogP contribution in [0.15, 0.2) is 54.6 Å². The van der Waals surface area contributed by atoms with E-state index in [2.05, 4.69) is 19.9 Å². The van der Waals surface area contributed by atoms with Gasteiger partial charge in [-0.05, 0) is 60.7 Å². The molecule has 0 saturated carbocycles. The van der Waals surface area contributed by atoms with Crippen LogP contribution in [-0.4, -0.2) is 19.9 Å². The molecule has 8 bridgehead atoms. The van der Waals surface area contributed by atoms with Crippen LogP contribution in [0, 0.1) is 58.2 Å². The molecule has 3 aromatic carbocycles. The number of nitrogens with zero attached hydrogens (tertiary/aromatic N) is 1. The van der Waals surface area contributed by atoms with Crippen molar-refractivity contribution in [3.63, 3.8) is 0 Å². The highest BCUT2D eigenvalue weighted by molar-refractivity contribution is 6.40. The third-order valence-corrected chi connectivity index (χ3v) is 9.34. The number of rotatable bonds is 3. The molecule has 0 fully saturated rings. The van der Waals surface area contributed by atoms with Gasteiger partial charge in [0.05, 0.1) is 38.1 Å². The minimum Gasteiger partial charge on any atom is -0.354 e. The Morgan fingerprint density at radius 2 is 0.660 bits per heavy atom. The van der Waals surface area contributed by atoms with Gasteiger partial charge in [-0.2, -0.15) is 0 Å². The minimum atomic E-state index is -2.44. The average Bonchev–Trinajstić information content (AvgIpc) is 3.98. The molecule has 1 aliphatic heterocycles. The quantitative estimate of drug-likeness (QED) is 0.0934. The van der Waals surface area contributed by atoms with Crippen molar-refractivity contribution >= 4 is 68.5 Å². The lowest BCUT2D eigenvalue weighted by Crippen LogP contribution is -2.05. The van der Waals surface area contributed by atoms with E-state index in [1.54, 1.807) is 18.2 Å². The molecule has 4 aromatic heterocycles. The summed E-state index contributed by atoms with van der Waals surface area (Å²) in [5, 5.41) is 0.318. The standard InChI is InChI=1S/C37H14Cl2F10N4/c38-12-2-1-3-13(39)22(12)23-16-6-4-14(50-16)15-5-7-18(51-15)24(26-28(40)32(44)36(48)33(45)29(26)41)19-10-11-21(53-19)25(20-9-8-17(23)52-20)27-30(42)34(46)37(49)35(47)31(27)43/h1-11,50,52-53H.